The van der Waals surface area contributed by atoms with Crippen LogP contribution in [0.15, 0.2) is 24.3 Å². The Kier molecular flexibility index (Phi) is 2.85. The van der Waals surface area contributed by atoms with Gasteiger partial charge in [-0.2, -0.15) is 0 Å². The number of aryl methyl sites for hydroxylation is 1. The van der Waals surface area contributed by atoms with Crippen LogP contribution in [0.25, 0.3) is 0 Å². The van der Waals surface area contributed by atoms with Gasteiger partial charge in [0.25, 0.3) is 0 Å². The first kappa shape index (κ1) is 15.6. The van der Waals surface area contributed by atoms with Crippen molar-refractivity contribution in [3.05, 3.63) is 41.0 Å². The fourth-order valence-electron chi connectivity index (χ4n) is 5.63. The van der Waals surface area contributed by atoms with E-state index in [4.69, 9.17) is 9.47 Å². The molecule has 2 aliphatic carbocycles. The molecule has 0 radical (unpaired) electrons. The summed E-state index contributed by atoms with van der Waals surface area (Å²) in [5, 5.41) is 0. The molecule has 1 aromatic rings. The molecule has 1 spiro atoms. The van der Waals surface area contributed by atoms with Gasteiger partial charge in [-0.05, 0) is 43.0 Å². The molecule has 2 bridgehead atoms. The Morgan fingerprint density at radius 2 is 2.23 bits per heavy atom. The average molecular weight is 353 g/mol. The highest BCUT2D eigenvalue weighted by atomic mass is 16.6. The van der Waals surface area contributed by atoms with Gasteiger partial charge < -0.3 is 14.4 Å². The third kappa shape index (κ3) is 1.52. The molecule has 0 aromatic heterocycles. The normalized spacial score (nSPS) is 35.6. The Balaban J connectivity index is 1.88. The number of carbonyl (C=O) groups is 3. The van der Waals surface area contributed by atoms with E-state index in [9.17, 15) is 14.4 Å². The number of ketones is 1. The molecule has 6 heteroatoms. The minimum Gasteiger partial charge on any atom is -0.481 e. The van der Waals surface area contributed by atoms with Crippen LogP contribution in [0.3, 0.4) is 0 Å². The standard InChI is InChI=1S/C20H19NO5/c1-11-3-4-13-9-15-20(26-12(2)23)6-5-14(24)18-19(20,7-8-21(15)10-22)16(13)17(11)25-18/h3-6,10,15,18H,7-9H2,1-2H3/t15-,18+,19+,20-/m1/s1. The summed E-state index contributed by atoms with van der Waals surface area (Å²) in [4.78, 5) is 38.3. The smallest absolute Gasteiger partial charge is 0.303 e. The van der Waals surface area contributed by atoms with Gasteiger partial charge in [-0.25, -0.2) is 0 Å². The molecule has 0 unspecified atom stereocenters. The number of hydrogen-bond acceptors (Lipinski definition) is 5. The van der Waals surface area contributed by atoms with Crippen molar-refractivity contribution in [2.24, 2.45) is 0 Å². The number of benzene rings is 1. The monoisotopic (exact) mass is 353 g/mol. The quantitative estimate of drug-likeness (QED) is 0.590. The number of amides is 1. The van der Waals surface area contributed by atoms with Gasteiger partial charge in [-0.15, -0.1) is 0 Å². The minimum atomic E-state index is -1.08. The maximum absolute atomic E-state index is 12.8. The van der Waals surface area contributed by atoms with Gasteiger partial charge in [0.1, 0.15) is 5.75 Å². The van der Waals surface area contributed by atoms with Crippen LogP contribution in [0.1, 0.15) is 30.0 Å². The van der Waals surface area contributed by atoms with E-state index < -0.39 is 23.1 Å². The van der Waals surface area contributed by atoms with Crippen molar-refractivity contribution in [3.63, 3.8) is 0 Å². The number of hydrogen-bond donors (Lipinski definition) is 0. The first-order valence-electron chi connectivity index (χ1n) is 8.88. The molecule has 1 fully saturated rings. The van der Waals surface area contributed by atoms with Crippen LogP contribution in [0.5, 0.6) is 5.75 Å². The molecule has 134 valence electrons. The number of likely N-dealkylation sites (tertiary alicyclic amines) is 1. The van der Waals surface area contributed by atoms with E-state index in [0.717, 1.165) is 28.8 Å². The zero-order valence-corrected chi connectivity index (χ0v) is 14.7. The summed E-state index contributed by atoms with van der Waals surface area (Å²) in [7, 11) is 0. The Morgan fingerprint density at radius 3 is 2.96 bits per heavy atom. The summed E-state index contributed by atoms with van der Waals surface area (Å²) in [5.74, 6) is 0.193. The van der Waals surface area contributed by atoms with Gasteiger partial charge in [-0.3, -0.25) is 14.4 Å². The number of carbonyl (C=O) groups excluding carboxylic acids is 3. The fraction of sp³-hybridized carbons (Fsp3) is 0.450. The lowest BCUT2D eigenvalue weighted by molar-refractivity contribution is -0.190. The molecule has 4 atom stereocenters. The van der Waals surface area contributed by atoms with Gasteiger partial charge in [-0.1, -0.05) is 12.1 Å². The van der Waals surface area contributed by atoms with Gasteiger partial charge in [0.05, 0.1) is 11.5 Å². The Morgan fingerprint density at radius 1 is 1.42 bits per heavy atom. The van der Waals surface area contributed by atoms with Crippen molar-refractivity contribution in [3.8, 4) is 5.75 Å². The van der Waals surface area contributed by atoms with E-state index >= 15 is 0 Å². The lowest BCUT2D eigenvalue weighted by atomic mass is 9.50. The predicted molar refractivity (Wildman–Crippen MR) is 90.8 cm³/mol. The second-order valence-corrected chi connectivity index (χ2v) is 7.65. The average Bonchev–Trinajstić information content (AvgIpc) is 2.95. The van der Waals surface area contributed by atoms with Crippen LogP contribution in [0, 0.1) is 6.92 Å². The van der Waals surface area contributed by atoms with Crippen LogP contribution < -0.4 is 4.74 Å². The van der Waals surface area contributed by atoms with Crippen molar-refractivity contribution >= 4 is 18.2 Å². The molecule has 0 saturated carbocycles. The lowest BCUT2D eigenvalue weighted by Crippen LogP contribution is -2.76. The Bertz CT molecular complexity index is 906. The third-order valence-corrected chi connectivity index (χ3v) is 6.54. The van der Waals surface area contributed by atoms with Crippen LogP contribution in [0.2, 0.25) is 0 Å². The fourth-order valence-corrected chi connectivity index (χ4v) is 5.63. The topological polar surface area (TPSA) is 72.9 Å². The minimum absolute atomic E-state index is 0.116. The second-order valence-electron chi connectivity index (χ2n) is 7.65. The van der Waals surface area contributed by atoms with Gasteiger partial charge in [0.2, 0.25) is 6.41 Å². The van der Waals surface area contributed by atoms with Crippen molar-refractivity contribution < 1.29 is 23.9 Å². The third-order valence-electron chi connectivity index (χ3n) is 6.54. The zero-order chi connectivity index (χ0) is 18.3. The van der Waals surface area contributed by atoms with E-state index in [2.05, 4.69) is 0 Å². The number of ether oxygens (including phenoxy) is 2. The van der Waals surface area contributed by atoms with E-state index in [0.29, 0.717) is 19.4 Å². The molecule has 1 aromatic carbocycles. The van der Waals surface area contributed by atoms with Crippen LogP contribution >= 0.6 is 0 Å². The lowest BCUT2D eigenvalue weighted by Gasteiger charge is -2.61. The van der Waals surface area contributed by atoms with Crippen LogP contribution in [0.4, 0.5) is 0 Å². The maximum atomic E-state index is 12.8. The SMILES string of the molecule is CC(=O)O[C@@]12C=CC(=O)[C@@H]3Oc4c(C)ccc5c4[C@@]31CCN(C=O)[C@@H]2C5. The molecule has 4 aliphatic rings. The second kappa shape index (κ2) is 4.75. The molecule has 26 heavy (non-hydrogen) atoms. The molecule has 5 rings (SSSR count). The van der Waals surface area contributed by atoms with Crippen molar-refractivity contribution in [1.29, 1.82) is 0 Å². The molecule has 0 N–H and O–H groups in total. The summed E-state index contributed by atoms with van der Waals surface area (Å²) < 4.78 is 12.2. The molecule has 2 heterocycles. The molecular weight excluding hydrogens is 334 g/mol. The molecule has 1 amide bonds. The number of rotatable bonds is 2. The predicted octanol–water partition coefficient (Wildman–Crippen LogP) is 1.22. The molecule has 6 nitrogen and oxygen atoms in total. The Hall–Kier alpha value is -2.63. The number of piperidine rings is 1. The largest absolute Gasteiger partial charge is 0.481 e. The van der Waals surface area contributed by atoms with E-state index in [-0.39, 0.29) is 11.8 Å². The molecular formula is C20H19NO5. The molecule has 1 saturated heterocycles. The van der Waals surface area contributed by atoms with Gasteiger partial charge in [0.15, 0.2) is 17.5 Å². The van der Waals surface area contributed by atoms with Crippen molar-refractivity contribution in [1.82, 2.24) is 4.90 Å². The first-order valence-corrected chi connectivity index (χ1v) is 8.88. The first-order chi connectivity index (χ1) is 12.4. The summed E-state index contributed by atoms with van der Waals surface area (Å²) in [6, 6.07) is 3.68. The number of nitrogens with zero attached hydrogens (tertiary/aromatic N) is 1. The number of esters is 1. The van der Waals surface area contributed by atoms with Crippen LogP contribution in [-0.4, -0.2) is 47.4 Å². The van der Waals surface area contributed by atoms with E-state index in [1.807, 2.05) is 19.1 Å². The van der Waals surface area contributed by atoms with E-state index in [1.165, 1.54) is 13.0 Å². The van der Waals surface area contributed by atoms with Crippen molar-refractivity contribution in [2.45, 2.75) is 49.9 Å². The van der Waals surface area contributed by atoms with E-state index in [1.54, 1.807) is 11.0 Å². The van der Waals surface area contributed by atoms with Crippen molar-refractivity contribution in [2.75, 3.05) is 6.54 Å². The Labute approximate surface area is 150 Å². The highest BCUT2D eigenvalue weighted by Gasteiger charge is 2.74. The zero-order valence-electron chi connectivity index (χ0n) is 14.7. The van der Waals surface area contributed by atoms with Gasteiger partial charge >= 0.3 is 5.97 Å². The van der Waals surface area contributed by atoms with Crippen LogP contribution in [-0.2, 0) is 31.0 Å². The summed E-state index contributed by atoms with van der Waals surface area (Å²) in [6.45, 7) is 3.83. The van der Waals surface area contributed by atoms with Gasteiger partial charge in [0, 0.05) is 19.0 Å². The summed E-state index contributed by atoms with van der Waals surface area (Å²) in [6.07, 6.45) is 4.33. The highest BCUT2D eigenvalue weighted by Crippen LogP contribution is 2.63. The highest BCUT2D eigenvalue weighted by molar-refractivity contribution is 5.99. The molecule has 2 aliphatic heterocycles. The summed E-state index contributed by atoms with van der Waals surface area (Å²) in [5.41, 5.74) is 1.17. The maximum Gasteiger partial charge on any atom is 0.303 e. The summed E-state index contributed by atoms with van der Waals surface area (Å²) >= 11 is 0.